The number of nitrogens with one attached hydrogen (secondary N) is 2. The van der Waals surface area contributed by atoms with Crippen molar-refractivity contribution in [3.05, 3.63) is 116 Å². The van der Waals surface area contributed by atoms with Gasteiger partial charge < -0.3 is 20.8 Å². The first kappa shape index (κ1) is 55.0. The Balaban J connectivity index is 0.000000211. The van der Waals surface area contributed by atoms with Crippen molar-refractivity contribution in [2.75, 3.05) is 0 Å². The van der Waals surface area contributed by atoms with E-state index in [9.17, 15) is 19.8 Å². The molecule has 0 bridgehead atoms. The van der Waals surface area contributed by atoms with E-state index in [-0.39, 0.29) is 56.4 Å². The van der Waals surface area contributed by atoms with Crippen molar-refractivity contribution in [1.82, 2.24) is 10.6 Å². The van der Waals surface area contributed by atoms with Gasteiger partial charge in [0, 0.05) is 34.0 Å². The third-order valence-corrected chi connectivity index (χ3v) is 15.2. The number of unbranched alkanes of at least 4 members (excludes halogenated alkanes) is 2. The monoisotopic (exact) mass is 975 g/mol. The summed E-state index contributed by atoms with van der Waals surface area (Å²) in [5.41, 5.74) is 9.03. The van der Waals surface area contributed by atoms with Crippen LogP contribution in [0.2, 0.25) is 0 Å². The second kappa shape index (κ2) is 19.2. The van der Waals surface area contributed by atoms with Crippen LogP contribution in [-0.2, 0) is 21.7 Å². The second-order valence-corrected chi connectivity index (χ2v) is 27.9. The highest BCUT2D eigenvalue weighted by Gasteiger charge is 2.41. The molecule has 0 fully saturated rings. The van der Waals surface area contributed by atoms with Gasteiger partial charge in [0.2, 0.25) is 0 Å². The molecule has 0 aliphatic heterocycles. The fourth-order valence-corrected chi connectivity index (χ4v) is 11.6. The minimum atomic E-state index is -0.643. The van der Waals surface area contributed by atoms with Crippen LogP contribution in [0.3, 0.4) is 0 Å². The molecule has 4 N–H and O–H groups in total. The summed E-state index contributed by atoms with van der Waals surface area (Å²) in [5.74, 6) is -0.317. The van der Waals surface area contributed by atoms with E-state index in [1.165, 1.54) is 11.1 Å². The van der Waals surface area contributed by atoms with Gasteiger partial charge in [-0.05, 0) is 176 Å². The van der Waals surface area contributed by atoms with Crippen molar-refractivity contribution < 1.29 is 19.8 Å². The Labute approximate surface area is 433 Å². The number of aliphatic hydroxyl groups excluding tert-OH is 2. The quantitative estimate of drug-likeness (QED) is 0.114. The predicted octanol–water partition coefficient (Wildman–Crippen LogP) is 16.9. The number of aliphatic hydroxyl groups is 2. The molecule has 6 nitrogen and oxygen atoms in total. The van der Waals surface area contributed by atoms with E-state index >= 15 is 0 Å². The molecule has 6 aromatic rings. The molecule has 8 rings (SSSR count). The van der Waals surface area contributed by atoms with E-state index < -0.39 is 12.2 Å². The number of carbonyl (C=O) groups is 2. The molecule has 0 aromatic heterocycles. The number of carbonyl (C=O) groups excluding carboxylic acids is 2. The van der Waals surface area contributed by atoms with Crippen LogP contribution in [0.5, 0.6) is 0 Å². The Bertz CT molecular complexity index is 2870. The van der Waals surface area contributed by atoms with E-state index in [0.29, 0.717) is 0 Å². The molecule has 6 heteroatoms. The summed E-state index contributed by atoms with van der Waals surface area (Å²) in [6.07, 6.45) is 4.53. The molecular weight excluding hydrogens is 885 g/mol. The van der Waals surface area contributed by atoms with Crippen molar-refractivity contribution in [3.8, 4) is 0 Å². The molecule has 0 saturated heterocycles. The molecule has 2 amide bonds. The van der Waals surface area contributed by atoms with Gasteiger partial charge in [-0.3, -0.25) is 9.59 Å². The summed E-state index contributed by atoms with van der Waals surface area (Å²) in [7, 11) is 0. The van der Waals surface area contributed by atoms with E-state index in [2.05, 4.69) is 168 Å². The first-order valence-corrected chi connectivity index (χ1v) is 27.3. The van der Waals surface area contributed by atoms with Gasteiger partial charge in [-0.15, -0.1) is 0 Å². The van der Waals surface area contributed by atoms with E-state index in [4.69, 9.17) is 0 Å². The zero-order valence-electron chi connectivity index (χ0n) is 48.0. The number of benzene rings is 6. The maximum atomic E-state index is 14.0. The molecule has 4 atom stereocenters. The first-order valence-electron chi connectivity index (χ1n) is 27.3. The Morgan fingerprint density at radius 2 is 0.750 bits per heavy atom. The van der Waals surface area contributed by atoms with Gasteiger partial charge in [-0.1, -0.05) is 171 Å². The molecule has 388 valence electrons. The molecule has 6 aromatic carbocycles. The summed E-state index contributed by atoms with van der Waals surface area (Å²) in [4.78, 5) is 28.1. The molecule has 0 spiro atoms. The lowest BCUT2D eigenvalue weighted by Crippen LogP contribution is -2.42. The summed E-state index contributed by atoms with van der Waals surface area (Å²) < 4.78 is 0. The average molecular weight is 975 g/mol. The summed E-state index contributed by atoms with van der Waals surface area (Å²) in [6.45, 7) is 43.0. The van der Waals surface area contributed by atoms with Gasteiger partial charge >= 0.3 is 0 Å². The van der Waals surface area contributed by atoms with Crippen LogP contribution in [-0.4, -0.2) is 33.1 Å². The maximum Gasteiger partial charge on any atom is 0.252 e. The predicted molar refractivity (Wildman–Crippen MR) is 307 cm³/mol. The minimum Gasteiger partial charge on any atom is -0.388 e. The summed E-state index contributed by atoms with van der Waals surface area (Å²) in [5, 5.41) is 39.7. The molecular formula is C66H90N2O4. The van der Waals surface area contributed by atoms with Crippen molar-refractivity contribution in [1.29, 1.82) is 0 Å². The first-order chi connectivity index (χ1) is 33.1. The third-order valence-electron chi connectivity index (χ3n) is 15.2. The van der Waals surface area contributed by atoms with Crippen LogP contribution in [0, 0.1) is 0 Å². The van der Waals surface area contributed by atoms with E-state index in [1.54, 1.807) is 0 Å². The van der Waals surface area contributed by atoms with Gasteiger partial charge in [0.15, 0.2) is 0 Å². The molecule has 72 heavy (non-hydrogen) atoms. The molecule has 2 aliphatic rings. The van der Waals surface area contributed by atoms with E-state index in [1.807, 2.05) is 41.5 Å². The lowest BCUT2D eigenvalue weighted by Gasteiger charge is -2.37. The Morgan fingerprint density at radius 1 is 0.444 bits per heavy atom. The lowest BCUT2D eigenvalue weighted by atomic mass is 9.69. The van der Waals surface area contributed by atoms with Crippen LogP contribution in [0.15, 0.2) is 60.7 Å². The molecule has 0 heterocycles. The van der Waals surface area contributed by atoms with Gasteiger partial charge in [0.1, 0.15) is 0 Å². The summed E-state index contributed by atoms with van der Waals surface area (Å²) in [6, 6.07) is 22.3. The van der Waals surface area contributed by atoms with E-state index in [0.717, 1.165) is 126 Å². The second-order valence-electron chi connectivity index (χ2n) is 27.9. The van der Waals surface area contributed by atoms with Crippen molar-refractivity contribution in [2.24, 2.45) is 0 Å². The minimum absolute atomic E-state index is 0.0214. The fraction of sp³-hybridized carbons (Fsp3) is 0.545. The SMILES string of the molecule is CCCC[C@H]1c2c(C(=O)NC(C)(C)C)c(C(C)(C)C)cc3ccc4cc(C(C)(C)C)cc(c4c23)[C@@H]1O.CCCC[C@H]1c2c(C(=O)NC(C)(C)C)c(C(C)(C)C)cc3ccc4cc(C(C)(C)C)cc(c4c23)[C@@H]1O. The van der Waals surface area contributed by atoms with Crippen molar-refractivity contribution in [2.45, 2.75) is 234 Å². The Hall–Kier alpha value is -4.78. The molecule has 0 saturated carbocycles. The Morgan fingerprint density at radius 3 is 1.01 bits per heavy atom. The highest BCUT2D eigenvalue weighted by Crippen LogP contribution is 2.54. The highest BCUT2D eigenvalue weighted by atomic mass is 16.3. The van der Waals surface area contributed by atoms with Crippen molar-refractivity contribution >= 4 is 54.9 Å². The Kier molecular flexibility index (Phi) is 14.6. The summed E-state index contributed by atoms with van der Waals surface area (Å²) >= 11 is 0. The largest absolute Gasteiger partial charge is 0.388 e. The third kappa shape index (κ3) is 10.6. The fourth-order valence-electron chi connectivity index (χ4n) is 11.6. The molecule has 0 radical (unpaired) electrons. The number of amides is 2. The highest BCUT2D eigenvalue weighted by molar-refractivity contribution is 6.18. The maximum absolute atomic E-state index is 14.0. The smallest absolute Gasteiger partial charge is 0.252 e. The van der Waals surface area contributed by atoms with Gasteiger partial charge in [0.25, 0.3) is 11.8 Å². The average Bonchev–Trinajstić information content (AvgIpc) is 3.24. The van der Waals surface area contributed by atoms with Crippen LogP contribution in [0.1, 0.15) is 266 Å². The van der Waals surface area contributed by atoms with Crippen LogP contribution in [0.4, 0.5) is 0 Å². The van der Waals surface area contributed by atoms with Crippen LogP contribution >= 0.6 is 0 Å². The zero-order chi connectivity index (χ0) is 53.6. The zero-order valence-corrected chi connectivity index (χ0v) is 48.0. The molecule has 0 unspecified atom stereocenters. The van der Waals surface area contributed by atoms with Crippen LogP contribution < -0.4 is 10.6 Å². The topological polar surface area (TPSA) is 98.7 Å². The lowest BCUT2D eigenvalue weighted by molar-refractivity contribution is 0.0902. The van der Waals surface area contributed by atoms with Gasteiger partial charge in [-0.25, -0.2) is 0 Å². The number of hydrogen-bond acceptors (Lipinski definition) is 4. The van der Waals surface area contributed by atoms with Gasteiger partial charge in [-0.2, -0.15) is 0 Å². The standard InChI is InChI=1S/2C33H45NO2/c2*1-11-12-13-22-27-26-20(17-24(32(5,6)7)28(27)30(36)34-33(8,9)10)15-14-19-16-21(31(2,3)4)18-23(25(19)26)29(22)35/h2*14-18,22,29,35H,11-13H2,1-10H3,(H,34,36)/t2*22-,29+/m00/s1. The number of hydrogen-bond donors (Lipinski definition) is 4. The van der Waals surface area contributed by atoms with Crippen LogP contribution in [0.25, 0.3) is 43.1 Å². The van der Waals surface area contributed by atoms with Crippen molar-refractivity contribution in [3.63, 3.8) is 0 Å². The normalized spacial score (nSPS) is 18.3. The number of rotatable bonds is 8. The van der Waals surface area contributed by atoms with Gasteiger partial charge in [0.05, 0.1) is 12.2 Å². The molecule has 2 aliphatic carbocycles.